The third-order valence-electron chi connectivity index (χ3n) is 6.80. The van der Waals surface area contributed by atoms with Gasteiger partial charge in [-0.1, -0.05) is 133 Å². The molecule has 3 nitrogen and oxygen atoms in total. The van der Waals surface area contributed by atoms with Crippen molar-refractivity contribution in [2.75, 3.05) is 5.32 Å². The van der Waals surface area contributed by atoms with Gasteiger partial charge in [-0.3, -0.25) is 4.79 Å². The molecule has 0 saturated heterocycles. The van der Waals surface area contributed by atoms with Crippen molar-refractivity contribution >= 4 is 33.1 Å². The fourth-order valence-corrected chi connectivity index (χ4v) is 5.39. The summed E-state index contributed by atoms with van der Waals surface area (Å²) in [5.74, 6) is 0.0825. The van der Waals surface area contributed by atoms with Crippen LogP contribution in [0.1, 0.15) is 110 Å². The number of hydrogen-bond acceptors (Lipinski definition) is 3. The molecule has 0 aliphatic carbocycles. The summed E-state index contributed by atoms with van der Waals surface area (Å²) in [4.78, 5) is 17.0. The van der Waals surface area contributed by atoms with E-state index in [4.69, 9.17) is 0 Å². The van der Waals surface area contributed by atoms with Crippen LogP contribution in [0, 0.1) is 0 Å². The van der Waals surface area contributed by atoms with Crippen molar-refractivity contribution in [3.8, 4) is 11.3 Å². The number of carbonyl (C=O) groups excluding carboxylic acids is 1. The molecule has 3 rings (SSSR count). The summed E-state index contributed by atoms with van der Waals surface area (Å²) in [6.07, 6.45) is 20.7. The number of hydrogen-bond donors (Lipinski definition) is 1. The molecule has 0 aliphatic rings. The molecule has 190 valence electrons. The SMILES string of the molecule is CCCCCCCCCCCCCCCCCC(=O)Nc1nc(-c2ccc3ccccc3c2)cs1. The fraction of sp³-hybridized carbons (Fsp3) is 0.548. The van der Waals surface area contributed by atoms with Crippen LogP contribution < -0.4 is 5.32 Å². The van der Waals surface area contributed by atoms with E-state index in [1.165, 1.54) is 106 Å². The zero-order valence-corrected chi connectivity index (χ0v) is 22.5. The smallest absolute Gasteiger partial charge is 0.226 e. The van der Waals surface area contributed by atoms with Gasteiger partial charge in [0.25, 0.3) is 0 Å². The van der Waals surface area contributed by atoms with Crippen LogP contribution in [-0.2, 0) is 4.79 Å². The quantitative estimate of drug-likeness (QED) is 0.179. The molecule has 0 saturated carbocycles. The Morgan fingerprint density at radius 3 is 1.94 bits per heavy atom. The average Bonchev–Trinajstić information content (AvgIpc) is 3.34. The van der Waals surface area contributed by atoms with Crippen molar-refractivity contribution in [3.63, 3.8) is 0 Å². The number of anilines is 1. The maximum Gasteiger partial charge on any atom is 0.226 e. The Labute approximate surface area is 216 Å². The monoisotopic (exact) mass is 492 g/mol. The van der Waals surface area contributed by atoms with E-state index in [1.807, 2.05) is 5.38 Å². The molecule has 35 heavy (non-hydrogen) atoms. The van der Waals surface area contributed by atoms with Crippen molar-refractivity contribution in [2.45, 2.75) is 110 Å². The van der Waals surface area contributed by atoms with Crippen LogP contribution in [0.3, 0.4) is 0 Å². The highest BCUT2D eigenvalue weighted by molar-refractivity contribution is 7.14. The summed E-state index contributed by atoms with van der Waals surface area (Å²) in [6.45, 7) is 2.28. The van der Waals surface area contributed by atoms with Gasteiger partial charge in [0.2, 0.25) is 5.91 Å². The van der Waals surface area contributed by atoms with Gasteiger partial charge in [0.05, 0.1) is 5.69 Å². The molecule has 4 heteroatoms. The predicted octanol–water partition coefficient (Wildman–Crippen LogP) is 10.2. The first-order valence-electron chi connectivity index (χ1n) is 14.0. The lowest BCUT2D eigenvalue weighted by molar-refractivity contribution is -0.116. The minimum atomic E-state index is 0.0825. The van der Waals surface area contributed by atoms with Crippen LogP contribution >= 0.6 is 11.3 Å². The van der Waals surface area contributed by atoms with E-state index in [0.717, 1.165) is 24.1 Å². The van der Waals surface area contributed by atoms with Crippen LogP contribution in [0.2, 0.25) is 0 Å². The first kappa shape index (κ1) is 27.4. The van der Waals surface area contributed by atoms with Crippen molar-refractivity contribution in [2.24, 2.45) is 0 Å². The van der Waals surface area contributed by atoms with Crippen molar-refractivity contribution < 1.29 is 4.79 Å². The van der Waals surface area contributed by atoms with Gasteiger partial charge in [-0.25, -0.2) is 4.98 Å². The molecule has 0 atom stereocenters. The maximum absolute atomic E-state index is 12.3. The Bertz CT molecular complexity index is 996. The first-order chi connectivity index (χ1) is 17.3. The Morgan fingerprint density at radius 1 is 0.743 bits per heavy atom. The van der Waals surface area contributed by atoms with Gasteiger partial charge in [0, 0.05) is 17.4 Å². The number of nitrogens with zero attached hydrogens (tertiary/aromatic N) is 1. The molecule has 1 amide bonds. The predicted molar refractivity (Wildman–Crippen MR) is 153 cm³/mol. The average molecular weight is 493 g/mol. The van der Waals surface area contributed by atoms with Gasteiger partial charge in [-0.2, -0.15) is 0 Å². The molecular weight excluding hydrogens is 448 g/mol. The summed E-state index contributed by atoms with van der Waals surface area (Å²) in [7, 11) is 0. The summed E-state index contributed by atoms with van der Waals surface area (Å²) in [6, 6.07) is 14.7. The van der Waals surface area contributed by atoms with Gasteiger partial charge in [0.1, 0.15) is 0 Å². The summed E-state index contributed by atoms with van der Waals surface area (Å²) in [5, 5.41) is 8.13. The second kappa shape index (κ2) is 16.5. The number of fused-ring (bicyclic) bond motifs is 1. The van der Waals surface area contributed by atoms with Gasteiger partial charge in [0.15, 0.2) is 5.13 Å². The van der Waals surface area contributed by atoms with Gasteiger partial charge in [-0.15, -0.1) is 11.3 Å². The molecule has 0 fully saturated rings. The highest BCUT2D eigenvalue weighted by Crippen LogP contribution is 2.28. The highest BCUT2D eigenvalue weighted by Gasteiger charge is 2.08. The van der Waals surface area contributed by atoms with Crippen LogP contribution in [0.15, 0.2) is 47.8 Å². The molecule has 0 radical (unpaired) electrons. The van der Waals surface area contributed by atoms with E-state index in [1.54, 1.807) is 0 Å². The Hall–Kier alpha value is -2.20. The molecule has 2 aromatic carbocycles. The molecule has 0 aliphatic heterocycles. The van der Waals surface area contributed by atoms with Crippen LogP contribution in [0.4, 0.5) is 5.13 Å². The van der Waals surface area contributed by atoms with E-state index < -0.39 is 0 Å². The van der Waals surface area contributed by atoms with E-state index in [2.05, 4.69) is 59.7 Å². The summed E-state index contributed by atoms with van der Waals surface area (Å²) < 4.78 is 0. The number of benzene rings is 2. The zero-order valence-electron chi connectivity index (χ0n) is 21.7. The Kier molecular flexibility index (Phi) is 12.9. The standard InChI is InChI=1S/C31H44N2OS/c1-2-3-4-5-6-7-8-9-10-11-12-13-14-15-16-21-30(34)33-31-32-29(25-35-31)28-23-22-26-19-17-18-20-27(26)24-28/h17-20,22-25H,2-16,21H2,1H3,(H,32,33,34). The minimum absolute atomic E-state index is 0.0825. The zero-order chi connectivity index (χ0) is 24.6. The molecule has 3 aromatic rings. The van der Waals surface area contributed by atoms with Crippen LogP contribution in [0.5, 0.6) is 0 Å². The number of amides is 1. The summed E-state index contributed by atoms with van der Waals surface area (Å²) in [5.41, 5.74) is 2.01. The highest BCUT2D eigenvalue weighted by atomic mass is 32.1. The lowest BCUT2D eigenvalue weighted by Gasteiger charge is -2.04. The number of unbranched alkanes of at least 4 members (excludes halogenated alkanes) is 14. The topological polar surface area (TPSA) is 42.0 Å². The molecule has 0 bridgehead atoms. The molecule has 0 unspecified atom stereocenters. The Morgan fingerprint density at radius 2 is 1.31 bits per heavy atom. The minimum Gasteiger partial charge on any atom is -0.302 e. The van der Waals surface area contributed by atoms with E-state index >= 15 is 0 Å². The lowest BCUT2D eigenvalue weighted by atomic mass is 10.0. The van der Waals surface area contributed by atoms with Crippen molar-refractivity contribution in [3.05, 3.63) is 47.8 Å². The summed E-state index contributed by atoms with van der Waals surface area (Å²) >= 11 is 1.50. The molecule has 1 heterocycles. The Balaban J connectivity index is 1.19. The number of rotatable bonds is 18. The molecular formula is C31H44N2OS. The van der Waals surface area contributed by atoms with Crippen LogP contribution in [-0.4, -0.2) is 10.9 Å². The van der Waals surface area contributed by atoms with Crippen molar-refractivity contribution in [1.82, 2.24) is 4.98 Å². The van der Waals surface area contributed by atoms with Crippen molar-refractivity contribution in [1.29, 1.82) is 0 Å². The van der Waals surface area contributed by atoms with Gasteiger partial charge in [-0.05, 0) is 23.3 Å². The second-order valence-electron chi connectivity index (χ2n) is 9.85. The van der Waals surface area contributed by atoms with E-state index in [-0.39, 0.29) is 5.91 Å². The third-order valence-corrected chi connectivity index (χ3v) is 7.56. The van der Waals surface area contributed by atoms with Crippen LogP contribution in [0.25, 0.3) is 22.0 Å². The second-order valence-corrected chi connectivity index (χ2v) is 10.7. The molecule has 1 aromatic heterocycles. The third kappa shape index (κ3) is 10.5. The molecule has 0 spiro atoms. The van der Waals surface area contributed by atoms with E-state index in [9.17, 15) is 4.79 Å². The van der Waals surface area contributed by atoms with E-state index in [0.29, 0.717) is 11.6 Å². The van der Waals surface area contributed by atoms with Gasteiger partial charge >= 0.3 is 0 Å². The number of aromatic nitrogens is 1. The number of thiazole rings is 1. The fourth-order valence-electron chi connectivity index (χ4n) is 4.65. The largest absolute Gasteiger partial charge is 0.302 e. The molecule has 1 N–H and O–H groups in total. The van der Waals surface area contributed by atoms with Gasteiger partial charge < -0.3 is 5.32 Å². The normalized spacial score (nSPS) is 11.2. The lowest BCUT2D eigenvalue weighted by Crippen LogP contribution is -2.10. The first-order valence-corrected chi connectivity index (χ1v) is 14.9. The number of carbonyl (C=O) groups is 1. The number of nitrogens with one attached hydrogen (secondary N) is 1. The maximum atomic E-state index is 12.3.